The average Bonchev–Trinajstić information content (AvgIpc) is 2.99. The highest BCUT2D eigenvalue weighted by atomic mass is 35.5. The zero-order valence-electron chi connectivity index (χ0n) is 16.2. The highest BCUT2D eigenvalue weighted by Gasteiger charge is 2.28. The minimum absolute atomic E-state index is 0.191. The van der Waals surface area contributed by atoms with Crippen LogP contribution in [0.1, 0.15) is 44.1 Å². The van der Waals surface area contributed by atoms with Crippen molar-refractivity contribution < 1.29 is 4.74 Å². The molecule has 4 rings (SSSR count). The molecule has 1 aliphatic carbocycles. The zero-order valence-corrected chi connectivity index (χ0v) is 17.7. The Hall–Kier alpha value is -2.22. The lowest BCUT2D eigenvalue weighted by Crippen LogP contribution is -2.26. The number of ether oxygens (including phenoxy) is 1. The first kappa shape index (κ1) is 20.1. The van der Waals surface area contributed by atoms with Crippen LogP contribution in [-0.2, 0) is 0 Å². The lowest BCUT2D eigenvalue weighted by Gasteiger charge is -2.28. The zero-order chi connectivity index (χ0) is 20.5. The number of benzene rings is 1. The largest absolute Gasteiger partial charge is 0.494 e. The maximum absolute atomic E-state index is 6.40. The van der Waals surface area contributed by atoms with E-state index in [0.717, 1.165) is 48.4 Å². The molecule has 0 radical (unpaired) electrons. The Morgan fingerprint density at radius 1 is 1.17 bits per heavy atom. The summed E-state index contributed by atoms with van der Waals surface area (Å²) in [6, 6.07) is 7.97. The van der Waals surface area contributed by atoms with E-state index in [9.17, 15) is 0 Å². The number of rotatable bonds is 5. The molecule has 154 valence electrons. The standard InChI is InChI=1S/C20H24Cl2N6O/c1-2-29-14-9-7-13(8-10-14)25-16-15(11-3-5-12(23)6-4-11)19(24)27-28-18(22)17(21)26-20(16)28/h7-12,25H,2-6,23H2,1H3,(H2,24,27). The van der Waals surface area contributed by atoms with Gasteiger partial charge in [-0.3, -0.25) is 0 Å². The quantitative estimate of drug-likeness (QED) is 0.535. The average molecular weight is 435 g/mol. The van der Waals surface area contributed by atoms with Gasteiger partial charge in [0, 0.05) is 17.3 Å². The van der Waals surface area contributed by atoms with Gasteiger partial charge in [0.2, 0.25) is 0 Å². The van der Waals surface area contributed by atoms with Crippen LogP contribution in [0.25, 0.3) is 5.65 Å². The first-order valence-corrected chi connectivity index (χ1v) is 10.5. The van der Waals surface area contributed by atoms with Crippen molar-refractivity contribution in [3.05, 3.63) is 40.1 Å². The van der Waals surface area contributed by atoms with Crippen molar-refractivity contribution in [1.82, 2.24) is 14.6 Å². The van der Waals surface area contributed by atoms with Crippen LogP contribution in [0.15, 0.2) is 24.3 Å². The van der Waals surface area contributed by atoms with E-state index in [0.29, 0.717) is 18.1 Å². The van der Waals surface area contributed by atoms with Gasteiger partial charge in [-0.1, -0.05) is 23.2 Å². The number of nitrogen functional groups attached to an aromatic ring is 1. The third-order valence-corrected chi connectivity index (χ3v) is 6.05. The third-order valence-electron chi connectivity index (χ3n) is 5.35. The highest BCUT2D eigenvalue weighted by Crippen LogP contribution is 2.42. The first-order chi connectivity index (χ1) is 14.0. The van der Waals surface area contributed by atoms with Gasteiger partial charge in [-0.05, 0) is 62.8 Å². The summed E-state index contributed by atoms with van der Waals surface area (Å²) in [6.45, 7) is 2.57. The van der Waals surface area contributed by atoms with Crippen molar-refractivity contribution in [2.45, 2.75) is 44.6 Å². The molecule has 2 heterocycles. The molecule has 2 aromatic heterocycles. The Morgan fingerprint density at radius 3 is 2.52 bits per heavy atom. The van der Waals surface area contributed by atoms with Gasteiger partial charge >= 0.3 is 0 Å². The van der Waals surface area contributed by atoms with E-state index in [4.69, 9.17) is 39.4 Å². The molecule has 1 saturated carbocycles. The SMILES string of the molecule is CCOc1ccc(Nc2c(C3CCC(N)CC3)c(N)nn3c(Cl)c(Cl)nc23)cc1. The van der Waals surface area contributed by atoms with Crippen molar-refractivity contribution in [3.8, 4) is 5.75 Å². The van der Waals surface area contributed by atoms with Gasteiger partial charge < -0.3 is 21.5 Å². The summed E-state index contributed by atoms with van der Waals surface area (Å²) in [5.74, 6) is 1.47. The number of hydrogen-bond donors (Lipinski definition) is 3. The highest BCUT2D eigenvalue weighted by molar-refractivity contribution is 6.41. The van der Waals surface area contributed by atoms with Crippen LogP contribution in [-0.4, -0.2) is 27.2 Å². The number of anilines is 3. The van der Waals surface area contributed by atoms with Crippen molar-refractivity contribution in [3.63, 3.8) is 0 Å². The molecule has 3 aromatic rings. The van der Waals surface area contributed by atoms with Gasteiger partial charge in [0.15, 0.2) is 16.0 Å². The molecule has 0 atom stereocenters. The predicted molar refractivity (Wildman–Crippen MR) is 117 cm³/mol. The van der Waals surface area contributed by atoms with E-state index >= 15 is 0 Å². The Labute approximate surface area is 179 Å². The van der Waals surface area contributed by atoms with Gasteiger partial charge in [-0.25, -0.2) is 4.98 Å². The van der Waals surface area contributed by atoms with Gasteiger partial charge in [0.25, 0.3) is 0 Å². The fourth-order valence-electron chi connectivity index (χ4n) is 3.92. The summed E-state index contributed by atoms with van der Waals surface area (Å²) in [7, 11) is 0. The molecule has 0 aliphatic heterocycles. The fourth-order valence-corrected chi connectivity index (χ4v) is 4.24. The molecular formula is C20H24Cl2N6O. The molecule has 1 aliphatic rings. The van der Waals surface area contributed by atoms with Crippen LogP contribution >= 0.6 is 23.2 Å². The van der Waals surface area contributed by atoms with Gasteiger partial charge in [0.1, 0.15) is 11.6 Å². The Balaban J connectivity index is 1.80. The summed E-state index contributed by atoms with van der Waals surface area (Å²) in [4.78, 5) is 4.43. The smallest absolute Gasteiger partial charge is 0.181 e. The fraction of sp³-hybridized carbons (Fsp3) is 0.400. The van der Waals surface area contributed by atoms with Crippen molar-refractivity contribution in [1.29, 1.82) is 0 Å². The van der Waals surface area contributed by atoms with Gasteiger partial charge in [-0.2, -0.15) is 4.52 Å². The second-order valence-corrected chi connectivity index (χ2v) is 8.01. The maximum Gasteiger partial charge on any atom is 0.181 e. The van der Waals surface area contributed by atoms with E-state index in [1.54, 1.807) is 0 Å². The summed E-state index contributed by atoms with van der Waals surface area (Å²) in [5, 5.41) is 8.35. The number of imidazole rings is 1. The van der Waals surface area contributed by atoms with Gasteiger partial charge in [0.05, 0.1) is 12.3 Å². The maximum atomic E-state index is 6.40. The van der Waals surface area contributed by atoms with E-state index in [2.05, 4.69) is 15.4 Å². The topological polar surface area (TPSA) is 103 Å². The summed E-state index contributed by atoms with van der Waals surface area (Å²) < 4.78 is 7.01. The molecule has 9 heteroatoms. The van der Waals surface area contributed by atoms with E-state index in [1.165, 1.54) is 4.52 Å². The van der Waals surface area contributed by atoms with E-state index in [-0.39, 0.29) is 22.3 Å². The van der Waals surface area contributed by atoms with Gasteiger partial charge in [-0.15, -0.1) is 5.10 Å². The molecule has 1 aromatic carbocycles. The molecular weight excluding hydrogens is 411 g/mol. The number of nitrogens with two attached hydrogens (primary N) is 2. The molecule has 0 amide bonds. The van der Waals surface area contributed by atoms with Crippen LogP contribution in [0.2, 0.25) is 10.3 Å². The van der Waals surface area contributed by atoms with Crippen molar-refractivity contribution >= 4 is 46.0 Å². The molecule has 0 unspecified atom stereocenters. The summed E-state index contributed by atoms with van der Waals surface area (Å²) in [6.07, 6.45) is 3.80. The number of fused-ring (bicyclic) bond motifs is 1. The minimum atomic E-state index is 0.191. The second-order valence-electron chi connectivity index (χ2n) is 7.30. The number of halogens is 2. The molecule has 0 saturated heterocycles. The number of nitrogens with zero attached hydrogens (tertiary/aromatic N) is 3. The van der Waals surface area contributed by atoms with Crippen molar-refractivity contribution in [2.75, 3.05) is 17.7 Å². The number of nitrogens with one attached hydrogen (secondary N) is 1. The first-order valence-electron chi connectivity index (χ1n) is 9.76. The number of hydrogen-bond acceptors (Lipinski definition) is 6. The van der Waals surface area contributed by atoms with E-state index < -0.39 is 0 Å². The monoisotopic (exact) mass is 434 g/mol. The Bertz CT molecular complexity index is 1010. The van der Waals surface area contributed by atoms with Crippen molar-refractivity contribution in [2.24, 2.45) is 5.73 Å². The predicted octanol–water partition coefficient (Wildman–Crippen LogP) is 4.75. The van der Waals surface area contributed by atoms with Crippen LogP contribution in [0.4, 0.5) is 17.2 Å². The van der Waals surface area contributed by atoms with Crippen LogP contribution in [0.5, 0.6) is 5.75 Å². The molecule has 29 heavy (non-hydrogen) atoms. The van der Waals surface area contributed by atoms with Crippen LogP contribution in [0, 0.1) is 0 Å². The lowest BCUT2D eigenvalue weighted by molar-refractivity contribution is 0.340. The molecule has 5 N–H and O–H groups in total. The minimum Gasteiger partial charge on any atom is -0.494 e. The molecule has 0 spiro atoms. The normalized spacial score (nSPS) is 19.4. The van der Waals surface area contributed by atoms with E-state index in [1.807, 2.05) is 31.2 Å². The van der Waals surface area contributed by atoms with Crippen LogP contribution in [0.3, 0.4) is 0 Å². The van der Waals surface area contributed by atoms with Crippen LogP contribution < -0.4 is 21.5 Å². The lowest BCUT2D eigenvalue weighted by atomic mass is 9.81. The number of aromatic nitrogens is 3. The second kappa shape index (κ2) is 8.26. The third kappa shape index (κ3) is 3.95. The Morgan fingerprint density at radius 2 is 1.86 bits per heavy atom. The summed E-state index contributed by atoms with van der Waals surface area (Å²) >= 11 is 12.5. The molecule has 1 fully saturated rings. The summed E-state index contributed by atoms with van der Waals surface area (Å²) in [5.41, 5.74) is 15.6. The molecule has 7 nitrogen and oxygen atoms in total. The molecule has 0 bridgehead atoms. The Kier molecular flexibility index (Phi) is 5.72.